The number of fused-ring (bicyclic) bond motifs is 1. The Morgan fingerprint density at radius 2 is 1.97 bits per heavy atom. The van der Waals surface area contributed by atoms with Crippen LogP contribution in [0.5, 0.6) is 5.75 Å². The number of aromatic hydroxyl groups is 1. The first-order valence-corrected chi connectivity index (χ1v) is 9.85. The van der Waals surface area contributed by atoms with E-state index in [0.29, 0.717) is 18.3 Å². The van der Waals surface area contributed by atoms with E-state index in [2.05, 4.69) is 11.4 Å². The molecule has 0 saturated heterocycles. The molecule has 1 N–H and O–H groups in total. The number of halogens is 4. The van der Waals surface area contributed by atoms with E-state index in [0.717, 1.165) is 37.8 Å². The van der Waals surface area contributed by atoms with E-state index in [9.17, 15) is 22.7 Å². The normalized spacial score (nSPS) is 19.4. The molecule has 1 atom stereocenters. The number of hydrogen-bond acceptors (Lipinski definition) is 5. The monoisotopic (exact) mass is 423 g/mol. The van der Waals surface area contributed by atoms with Gasteiger partial charge in [-0.3, -0.25) is 4.99 Å². The molecule has 9 heteroatoms. The lowest BCUT2D eigenvalue weighted by atomic mass is 9.92. The molecule has 1 aliphatic carbocycles. The van der Waals surface area contributed by atoms with E-state index in [1.165, 1.54) is 11.6 Å². The van der Waals surface area contributed by atoms with Gasteiger partial charge in [-0.15, -0.1) is 0 Å². The Morgan fingerprint density at radius 3 is 2.70 bits per heavy atom. The summed E-state index contributed by atoms with van der Waals surface area (Å²) >= 11 is 0. The summed E-state index contributed by atoms with van der Waals surface area (Å²) in [6.45, 7) is 2.34. The lowest BCUT2D eigenvalue weighted by Gasteiger charge is -2.34. The molecule has 1 aliphatic heterocycles. The second kappa shape index (κ2) is 7.77. The van der Waals surface area contributed by atoms with Gasteiger partial charge in [-0.1, -0.05) is 12.1 Å². The van der Waals surface area contributed by atoms with Crippen LogP contribution >= 0.6 is 0 Å². The molecular weight excluding hydrogens is 402 g/mol. The Kier molecular flexibility index (Phi) is 5.29. The number of allylic oxidation sites excluding steroid dienone is 1. The summed E-state index contributed by atoms with van der Waals surface area (Å²) in [5.41, 5.74) is 1.06. The Labute approximate surface area is 170 Å². The Morgan fingerprint density at radius 1 is 1.20 bits per heavy atom. The van der Waals surface area contributed by atoms with Crippen molar-refractivity contribution in [3.05, 3.63) is 47.0 Å². The van der Waals surface area contributed by atoms with Crippen LogP contribution in [0.2, 0.25) is 0 Å². The maximum atomic E-state index is 13.5. The average molecular weight is 423 g/mol. The standard InChI is InChI=1S/C21H21F4N3O2/c1-2-20-26-17-6-4-3-5-12(17)10-28(20)11-13-7-19(30-27-13)14-8-18(29)16(22)9-15(14)21(23,24)25/h7-10,20,29H,2-6,11H2,1H3. The van der Waals surface area contributed by atoms with Gasteiger partial charge in [0, 0.05) is 23.5 Å². The fourth-order valence-corrected chi connectivity index (χ4v) is 3.92. The van der Waals surface area contributed by atoms with Crippen molar-refractivity contribution in [1.29, 1.82) is 0 Å². The third-order valence-corrected chi connectivity index (χ3v) is 5.42. The summed E-state index contributed by atoms with van der Waals surface area (Å²) in [7, 11) is 0. The van der Waals surface area contributed by atoms with Gasteiger partial charge in [-0.25, -0.2) is 4.39 Å². The summed E-state index contributed by atoms with van der Waals surface area (Å²) < 4.78 is 58.7. The number of rotatable bonds is 4. The molecule has 1 aromatic carbocycles. The number of hydrogen-bond donors (Lipinski definition) is 1. The van der Waals surface area contributed by atoms with Crippen molar-refractivity contribution in [2.24, 2.45) is 4.99 Å². The largest absolute Gasteiger partial charge is 0.505 e. The van der Waals surface area contributed by atoms with Crippen molar-refractivity contribution in [1.82, 2.24) is 10.1 Å². The van der Waals surface area contributed by atoms with Gasteiger partial charge < -0.3 is 14.5 Å². The zero-order valence-electron chi connectivity index (χ0n) is 16.3. The van der Waals surface area contributed by atoms with Crippen LogP contribution in [0.25, 0.3) is 11.3 Å². The number of aromatic nitrogens is 1. The van der Waals surface area contributed by atoms with Crippen LogP contribution in [-0.2, 0) is 12.7 Å². The molecule has 160 valence electrons. The SMILES string of the molecule is CCC1N=C2CCCCC2=CN1Cc1cc(-c2cc(O)c(F)cc2C(F)(F)F)on1. The van der Waals surface area contributed by atoms with Crippen LogP contribution in [0.4, 0.5) is 17.6 Å². The van der Waals surface area contributed by atoms with Crippen molar-refractivity contribution in [2.75, 3.05) is 0 Å². The molecule has 0 bridgehead atoms. The van der Waals surface area contributed by atoms with Crippen LogP contribution in [0, 0.1) is 5.82 Å². The van der Waals surface area contributed by atoms with E-state index in [1.54, 1.807) is 0 Å². The van der Waals surface area contributed by atoms with E-state index < -0.39 is 28.9 Å². The minimum Gasteiger partial charge on any atom is -0.505 e. The first kappa shape index (κ1) is 20.4. The summed E-state index contributed by atoms with van der Waals surface area (Å²) in [5.74, 6) is -2.42. The topological polar surface area (TPSA) is 61.9 Å². The zero-order chi connectivity index (χ0) is 21.5. The maximum absolute atomic E-state index is 13.5. The summed E-state index contributed by atoms with van der Waals surface area (Å²) in [5, 5.41) is 13.5. The molecule has 2 heterocycles. The number of benzene rings is 1. The van der Waals surface area contributed by atoms with Gasteiger partial charge in [0.15, 0.2) is 17.3 Å². The Balaban J connectivity index is 1.62. The molecule has 2 aromatic rings. The van der Waals surface area contributed by atoms with E-state index in [1.807, 2.05) is 11.8 Å². The van der Waals surface area contributed by atoms with E-state index >= 15 is 0 Å². The van der Waals surface area contributed by atoms with Crippen molar-refractivity contribution in [2.45, 2.75) is 57.9 Å². The first-order chi connectivity index (χ1) is 14.3. The number of aliphatic imine (C=N–C) groups is 1. The van der Waals surface area contributed by atoms with Crippen LogP contribution < -0.4 is 0 Å². The molecule has 0 radical (unpaired) electrons. The highest BCUT2D eigenvalue weighted by Crippen LogP contribution is 2.40. The highest BCUT2D eigenvalue weighted by atomic mass is 19.4. The van der Waals surface area contributed by atoms with Crippen molar-refractivity contribution < 1.29 is 27.2 Å². The summed E-state index contributed by atoms with van der Waals surface area (Å²) in [4.78, 5) is 6.84. The quantitative estimate of drug-likeness (QED) is 0.645. The highest BCUT2D eigenvalue weighted by molar-refractivity contribution is 6.01. The first-order valence-electron chi connectivity index (χ1n) is 9.85. The van der Waals surface area contributed by atoms with Gasteiger partial charge in [-0.05, 0) is 49.8 Å². The molecule has 0 spiro atoms. The molecule has 1 fully saturated rings. The molecule has 5 nitrogen and oxygen atoms in total. The highest BCUT2D eigenvalue weighted by Gasteiger charge is 2.36. The molecule has 0 amide bonds. The third-order valence-electron chi connectivity index (χ3n) is 5.42. The number of nitrogens with zero attached hydrogens (tertiary/aromatic N) is 3. The Bertz CT molecular complexity index is 1010. The van der Waals surface area contributed by atoms with Gasteiger partial charge in [-0.2, -0.15) is 13.2 Å². The smallest absolute Gasteiger partial charge is 0.417 e. The minimum absolute atomic E-state index is 0.0670. The van der Waals surface area contributed by atoms with Crippen LogP contribution in [0.3, 0.4) is 0 Å². The van der Waals surface area contributed by atoms with Gasteiger partial charge >= 0.3 is 6.18 Å². The lowest BCUT2D eigenvalue weighted by molar-refractivity contribution is -0.137. The molecule has 1 aromatic heterocycles. The summed E-state index contributed by atoms with van der Waals surface area (Å²) in [6, 6.07) is 2.35. The van der Waals surface area contributed by atoms with Gasteiger partial charge in [0.25, 0.3) is 0 Å². The molecule has 1 unspecified atom stereocenters. The average Bonchev–Trinajstić information content (AvgIpc) is 3.16. The van der Waals surface area contributed by atoms with Crippen LogP contribution in [0.15, 0.2) is 39.5 Å². The van der Waals surface area contributed by atoms with Crippen LogP contribution in [0.1, 0.15) is 50.3 Å². The molecule has 30 heavy (non-hydrogen) atoms. The predicted molar refractivity (Wildman–Crippen MR) is 102 cm³/mol. The number of phenols is 1. The predicted octanol–water partition coefficient (Wildman–Crippen LogP) is 5.66. The molecule has 1 saturated carbocycles. The van der Waals surface area contributed by atoms with Gasteiger partial charge in [0.2, 0.25) is 0 Å². The molecular formula is C21H21F4N3O2. The van der Waals surface area contributed by atoms with Gasteiger partial charge in [0.05, 0.1) is 12.1 Å². The van der Waals surface area contributed by atoms with Crippen molar-refractivity contribution >= 4 is 5.71 Å². The molecule has 2 aliphatic rings. The fraction of sp³-hybridized carbons (Fsp3) is 0.429. The summed E-state index contributed by atoms with van der Waals surface area (Å²) in [6.07, 6.45) is 2.13. The lowest BCUT2D eigenvalue weighted by Crippen LogP contribution is -2.34. The minimum atomic E-state index is -4.81. The number of alkyl halides is 3. The van der Waals surface area contributed by atoms with Crippen molar-refractivity contribution in [3.63, 3.8) is 0 Å². The van der Waals surface area contributed by atoms with E-state index in [4.69, 9.17) is 9.52 Å². The fourth-order valence-electron chi connectivity index (χ4n) is 3.92. The van der Waals surface area contributed by atoms with Gasteiger partial charge in [0.1, 0.15) is 11.9 Å². The second-order valence-electron chi connectivity index (χ2n) is 7.53. The van der Waals surface area contributed by atoms with Crippen molar-refractivity contribution in [3.8, 4) is 17.1 Å². The second-order valence-corrected chi connectivity index (χ2v) is 7.53. The Hall–Kier alpha value is -2.84. The third kappa shape index (κ3) is 3.93. The van der Waals surface area contributed by atoms with E-state index in [-0.39, 0.29) is 18.0 Å². The van der Waals surface area contributed by atoms with Crippen LogP contribution in [-0.4, -0.2) is 27.0 Å². The molecule has 4 rings (SSSR count). The maximum Gasteiger partial charge on any atom is 0.417 e. The number of phenolic OH excluding ortho intramolecular Hbond substituents is 1. The zero-order valence-corrected chi connectivity index (χ0v) is 16.3.